The maximum absolute atomic E-state index is 12.5. The Morgan fingerprint density at radius 1 is 1.00 bits per heavy atom. The van der Waals surface area contributed by atoms with E-state index in [-0.39, 0.29) is 16.6 Å². The van der Waals surface area contributed by atoms with Crippen molar-refractivity contribution in [2.75, 3.05) is 0 Å². The number of aromatic hydroxyl groups is 1. The monoisotopic (exact) mass is 333 g/mol. The lowest BCUT2D eigenvalue weighted by atomic mass is 10.0. The largest absolute Gasteiger partial charge is 0.507 e. The van der Waals surface area contributed by atoms with E-state index in [0.717, 1.165) is 11.1 Å². The Bertz CT molecular complexity index is 1120. The molecule has 0 saturated heterocycles. The van der Waals surface area contributed by atoms with Gasteiger partial charge in [0.15, 0.2) is 5.43 Å². The first-order valence-corrected chi connectivity index (χ1v) is 7.84. The first-order valence-electron chi connectivity index (χ1n) is 7.84. The number of nitrogens with zero attached hydrogens (tertiary/aromatic N) is 1. The SMILES string of the molecule is Cc1noc(C)c1-c1cc(O)c2c(=O)cc(-c3ccccc3)oc2c1. The zero-order chi connectivity index (χ0) is 17.6. The molecule has 0 fully saturated rings. The van der Waals surface area contributed by atoms with Crippen molar-refractivity contribution >= 4 is 11.0 Å². The molecule has 124 valence electrons. The van der Waals surface area contributed by atoms with Gasteiger partial charge in [-0.1, -0.05) is 35.5 Å². The van der Waals surface area contributed by atoms with E-state index in [2.05, 4.69) is 5.16 Å². The normalized spacial score (nSPS) is 11.1. The smallest absolute Gasteiger partial charge is 0.197 e. The molecule has 0 aliphatic heterocycles. The highest BCUT2D eigenvalue weighted by molar-refractivity contribution is 5.90. The second kappa shape index (κ2) is 5.63. The highest BCUT2D eigenvalue weighted by Crippen LogP contribution is 2.34. The number of aromatic nitrogens is 1. The molecule has 5 nitrogen and oxygen atoms in total. The van der Waals surface area contributed by atoms with Gasteiger partial charge in [-0.25, -0.2) is 0 Å². The van der Waals surface area contributed by atoms with Crippen molar-refractivity contribution < 1.29 is 14.0 Å². The van der Waals surface area contributed by atoms with E-state index < -0.39 is 0 Å². The van der Waals surface area contributed by atoms with Gasteiger partial charge in [-0.15, -0.1) is 0 Å². The Hall–Kier alpha value is -3.34. The Morgan fingerprint density at radius 3 is 2.44 bits per heavy atom. The molecular weight excluding hydrogens is 318 g/mol. The Morgan fingerprint density at radius 2 is 1.76 bits per heavy atom. The molecule has 4 rings (SSSR count). The summed E-state index contributed by atoms with van der Waals surface area (Å²) in [7, 11) is 0. The van der Waals surface area contributed by atoms with Crippen LogP contribution in [0.4, 0.5) is 0 Å². The number of aryl methyl sites for hydroxylation is 2. The van der Waals surface area contributed by atoms with Crippen LogP contribution in [0, 0.1) is 13.8 Å². The number of phenols is 1. The summed E-state index contributed by atoms with van der Waals surface area (Å²) in [5.74, 6) is 0.965. The molecule has 25 heavy (non-hydrogen) atoms. The molecule has 0 unspecified atom stereocenters. The lowest BCUT2D eigenvalue weighted by Crippen LogP contribution is -2.01. The van der Waals surface area contributed by atoms with Crippen molar-refractivity contribution in [2.45, 2.75) is 13.8 Å². The third-order valence-corrected chi connectivity index (χ3v) is 4.19. The molecule has 0 amide bonds. The maximum atomic E-state index is 12.5. The molecule has 0 bridgehead atoms. The summed E-state index contributed by atoms with van der Waals surface area (Å²) in [5.41, 5.74) is 3.00. The molecule has 0 saturated carbocycles. The fourth-order valence-electron chi connectivity index (χ4n) is 3.05. The minimum atomic E-state index is -0.289. The van der Waals surface area contributed by atoms with Gasteiger partial charge in [-0.3, -0.25) is 4.79 Å². The van der Waals surface area contributed by atoms with Crippen LogP contribution in [-0.2, 0) is 0 Å². The van der Waals surface area contributed by atoms with E-state index in [0.29, 0.717) is 28.4 Å². The summed E-state index contributed by atoms with van der Waals surface area (Å²) in [6.45, 7) is 3.62. The van der Waals surface area contributed by atoms with Crippen LogP contribution in [0.3, 0.4) is 0 Å². The van der Waals surface area contributed by atoms with Gasteiger partial charge in [0.1, 0.15) is 28.2 Å². The van der Waals surface area contributed by atoms with Gasteiger partial charge in [0.2, 0.25) is 0 Å². The zero-order valence-corrected chi connectivity index (χ0v) is 13.7. The first kappa shape index (κ1) is 15.2. The van der Waals surface area contributed by atoms with Gasteiger partial charge in [0, 0.05) is 17.2 Å². The first-order chi connectivity index (χ1) is 12.0. The molecule has 2 heterocycles. The van der Waals surface area contributed by atoms with Crippen molar-refractivity contribution in [2.24, 2.45) is 0 Å². The van der Waals surface area contributed by atoms with Crippen molar-refractivity contribution in [3.05, 3.63) is 70.2 Å². The predicted octanol–water partition coefficient (Wildman–Crippen LogP) is 4.44. The third kappa shape index (κ3) is 2.50. The lowest BCUT2D eigenvalue weighted by Gasteiger charge is -2.07. The second-order valence-electron chi connectivity index (χ2n) is 5.91. The van der Waals surface area contributed by atoms with E-state index in [9.17, 15) is 9.90 Å². The highest BCUT2D eigenvalue weighted by Gasteiger charge is 2.17. The molecule has 2 aromatic heterocycles. The second-order valence-corrected chi connectivity index (χ2v) is 5.91. The van der Waals surface area contributed by atoms with Crippen LogP contribution in [0.25, 0.3) is 33.4 Å². The number of rotatable bonds is 2. The van der Waals surface area contributed by atoms with Gasteiger partial charge in [-0.2, -0.15) is 0 Å². The van der Waals surface area contributed by atoms with E-state index in [4.69, 9.17) is 8.94 Å². The Balaban J connectivity index is 2.00. The van der Waals surface area contributed by atoms with E-state index in [1.807, 2.05) is 37.3 Å². The average Bonchev–Trinajstić information content (AvgIpc) is 2.93. The summed E-state index contributed by atoms with van der Waals surface area (Å²) < 4.78 is 11.1. The van der Waals surface area contributed by atoms with Gasteiger partial charge in [0.25, 0.3) is 0 Å². The molecule has 0 radical (unpaired) electrons. The maximum Gasteiger partial charge on any atom is 0.197 e. The Labute approximate surface area is 143 Å². The number of fused-ring (bicyclic) bond motifs is 1. The molecule has 5 heteroatoms. The fourth-order valence-corrected chi connectivity index (χ4v) is 3.05. The van der Waals surface area contributed by atoms with Gasteiger partial charge in [-0.05, 0) is 31.5 Å². The van der Waals surface area contributed by atoms with Crippen LogP contribution >= 0.6 is 0 Å². The topological polar surface area (TPSA) is 76.5 Å². The minimum absolute atomic E-state index is 0.124. The van der Waals surface area contributed by atoms with Crippen LogP contribution in [0.1, 0.15) is 11.5 Å². The summed E-state index contributed by atoms with van der Waals surface area (Å²) in [6, 6.07) is 14.0. The number of benzene rings is 2. The minimum Gasteiger partial charge on any atom is -0.507 e. The molecule has 0 aliphatic carbocycles. The van der Waals surface area contributed by atoms with Crippen LogP contribution in [-0.4, -0.2) is 10.3 Å². The molecule has 1 N–H and O–H groups in total. The zero-order valence-electron chi connectivity index (χ0n) is 13.7. The molecule has 0 spiro atoms. The molecule has 4 aromatic rings. The third-order valence-electron chi connectivity index (χ3n) is 4.19. The van der Waals surface area contributed by atoms with Crippen molar-refractivity contribution in [1.29, 1.82) is 0 Å². The standard InChI is InChI=1S/C20H15NO4/c1-11-19(12(2)25-21-11)14-8-15(22)20-16(23)10-17(24-18(20)9-14)13-6-4-3-5-7-13/h3-10,22H,1-2H3. The highest BCUT2D eigenvalue weighted by atomic mass is 16.5. The van der Waals surface area contributed by atoms with Crippen LogP contribution in [0.15, 0.2) is 62.3 Å². The van der Waals surface area contributed by atoms with Gasteiger partial charge < -0.3 is 14.0 Å². The molecular formula is C20H15NO4. The van der Waals surface area contributed by atoms with Crippen molar-refractivity contribution in [1.82, 2.24) is 5.16 Å². The predicted molar refractivity (Wildman–Crippen MR) is 94.6 cm³/mol. The quantitative estimate of drug-likeness (QED) is 0.587. The van der Waals surface area contributed by atoms with Crippen LogP contribution in [0.5, 0.6) is 5.75 Å². The van der Waals surface area contributed by atoms with Gasteiger partial charge >= 0.3 is 0 Å². The van der Waals surface area contributed by atoms with Crippen molar-refractivity contribution in [3.63, 3.8) is 0 Å². The summed E-state index contributed by atoms with van der Waals surface area (Å²) in [6.07, 6.45) is 0. The number of hydrogen-bond donors (Lipinski definition) is 1. The molecule has 0 aliphatic rings. The molecule has 2 aromatic carbocycles. The van der Waals surface area contributed by atoms with E-state index in [1.165, 1.54) is 12.1 Å². The van der Waals surface area contributed by atoms with Gasteiger partial charge in [0.05, 0.1) is 5.69 Å². The number of hydrogen-bond acceptors (Lipinski definition) is 5. The van der Waals surface area contributed by atoms with Crippen LogP contribution < -0.4 is 5.43 Å². The fraction of sp³-hybridized carbons (Fsp3) is 0.100. The summed E-state index contributed by atoms with van der Waals surface area (Å²) in [5, 5.41) is 14.5. The Kier molecular flexibility index (Phi) is 3.42. The average molecular weight is 333 g/mol. The lowest BCUT2D eigenvalue weighted by molar-refractivity contribution is 0.393. The van der Waals surface area contributed by atoms with Crippen molar-refractivity contribution in [3.8, 4) is 28.2 Å². The van der Waals surface area contributed by atoms with E-state index >= 15 is 0 Å². The molecule has 0 atom stereocenters. The summed E-state index contributed by atoms with van der Waals surface area (Å²) in [4.78, 5) is 12.5. The number of phenolic OH excluding ortho intramolecular Hbond substituents is 1. The van der Waals surface area contributed by atoms with E-state index in [1.54, 1.807) is 13.0 Å². The summed E-state index contributed by atoms with van der Waals surface area (Å²) >= 11 is 0. The van der Waals surface area contributed by atoms with Crippen LogP contribution in [0.2, 0.25) is 0 Å².